The summed E-state index contributed by atoms with van der Waals surface area (Å²) in [4.78, 5) is 20.2. The number of anilines is 2. The lowest BCUT2D eigenvalue weighted by atomic mass is 10.1. The zero-order chi connectivity index (χ0) is 14.1. The quantitative estimate of drug-likeness (QED) is 0.849. The lowest BCUT2D eigenvalue weighted by molar-refractivity contribution is -0.117. The van der Waals surface area contributed by atoms with Gasteiger partial charge in [-0.3, -0.25) is 9.78 Å². The van der Waals surface area contributed by atoms with Gasteiger partial charge in [-0.25, -0.2) is 0 Å². The predicted molar refractivity (Wildman–Crippen MR) is 82.8 cm³/mol. The van der Waals surface area contributed by atoms with Crippen LogP contribution in [0.5, 0.6) is 0 Å². The number of likely N-dealkylation sites (N-methyl/N-ethyl adjacent to an activating group) is 1. The first-order valence-corrected chi connectivity index (χ1v) is 7.14. The summed E-state index contributed by atoms with van der Waals surface area (Å²) in [5, 5.41) is 0. The monoisotopic (exact) mass is 331 g/mol. The molecule has 2 aromatic rings. The summed E-state index contributed by atoms with van der Waals surface area (Å²) in [5.41, 5.74) is 3.02. The van der Waals surface area contributed by atoms with Crippen LogP contribution in [-0.4, -0.2) is 24.5 Å². The van der Waals surface area contributed by atoms with Gasteiger partial charge in [-0.2, -0.15) is 0 Å². The molecule has 0 radical (unpaired) electrons. The van der Waals surface area contributed by atoms with Crippen LogP contribution in [0.2, 0.25) is 0 Å². The van der Waals surface area contributed by atoms with Crippen molar-refractivity contribution in [3.63, 3.8) is 0 Å². The second-order valence-corrected chi connectivity index (χ2v) is 5.75. The van der Waals surface area contributed by atoms with E-state index in [2.05, 4.69) is 20.9 Å². The van der Waals surface area contributed by atoms with E-state index in [0.29, 0.717) is 13.1 Å². The van der Waals surface area contributed by atoms with E-state index >= 15 is 0 Å². The fraction of sp³-hybridized carbons (Fsp3) is 0.200. The number of benzene rings is 1. The van der Waals surface area contributed by atoms with Crippen LogP contribution in [0, 0.1) is 0 Å². The van der Waals surface area contributed by atoms with E-state index in [9.17, 15) is 4.79 Å². The Hall–Kier alpha value is -1.88. The van der Waals surface area contributed by atoms with E-state index in [0.717, 1.165) is 21.4 Å². The smallest absolute Gasteiger partial charge is 0.246 e. The molecular weight excluding hydrogens is 318 g/mol. The average molecular weight is 332 g/mol. The van der Waals surface area contributed by atoms with E-state index in [1.54, 1.807) is 12.4 Å². The molecule has 1 aliphatic rings. The Morgan fingerprint density at radius 1 is 1.30 bits per heavy atom. The number of hydrogen-bond acceptors (Lipinski definition) is 3. The zero-order valence-corrected chi connectivity index (χ0v) is 12.7. The molecule has 1 aliphatic heterocycles. The highest BCUT2D eigenvalue weighted by atomic mass is 79.9. The van der Waals surface area contributed by atoms with Gasteiger partial charge in [-0.05, 0) is 29.8 Å². The highest BCUT2D eigenvalue weighted by Gasteiger charge is 2.27. The van der Waals surface area contributed by atoms with Crippen molar-refractivity contribution < 1.29 is 4.79 Å². The molecule has 0 saturated carbocycles. The van der Waals surface area contributed by atoms with Crippen LogP contribution >= 0.6 is 15.9 Å². The summed E-state index contributed by atoms with van der Waals surface area (Å²) in [5.74, 6) is 0.0990. The first-order chi connectivity index (χ1) is 9.65. The van der Waals surface area contributed by atoms with Gasteiger partial charge in [0.1, 0.15) is 0 Å². The topological polar surface area (TPSA) is 36.4 Å². The van der Waals surface area contributed by atoms with Crippen molar-refractivity contribution in [2.75, 3.05) is 23.4 Å². The van der Waals surface area contributed by atoms with Gasteiger partial charge in [0.15, 0.2) is 0 Å². The fourth-order valence-electron chi connectivity index (χ4n) is 2.39. The highest BCUT2D eigenvalue weighted by Crippen LogP contribution is 2.35. The van der Waals surface area contributed by atoms with Crippen LogP contribution in [0.3, 0.4) is 0 Å². The number of halogens is 1. The summed E-state index contributed by atoms with van der Waals surface area (Å²) in [7, 11) is 1.94. The summed E-state index contributed by atoms with van der Waals surface area (Å²) < 4.78 is 0.968. The van der Waals surface area contributed by atoms with E-state index in [4.69, 9.17) is 0 Å². The molecule has 102 valence electrons. The second kappa shape index (κ2) is 5.25. The molecule has 0 unspecified atom stereocenters. The van der Waals surface area contributed by atoms with Gasteiger partial charge < -0.3 is 9.80 Å². The van der Waals surface area contributed by atoms with Gasteiger partial charge >= 0.3 is 0 Å². The standard InChI is InChI=1S/C15H14BrN3O/c1-18-10-15(20)19(9-11-3-2-6-17-8-11)14-7-12(16)4-5-13(14)18/h2-8H,9-10H2,1H3. The van der Waals surface area contributed by atoms with Crippen molar-refractivity contribution in [1.82, 2.24) is 4.98 Å². The van der Waals surface area contributed by atoms with Crippen molar-refractivity contribution in [1.29, 1.82) is 0 Å². The molecule has 1 aromatic carbocycles. The summed E-state index contributed by atoms with van der Waals surface area (Å²) in [6.07, 6.45) is 3.53. The number of amides is 1. The van der Waals surface area contributed by atoms with Crippen LogP contribution in [-0.2, 0) is 11.3 Å². The van der Waals surface area contributed by atoms with Gasteiger partial charge in [0.05, 0.1) is 24.5 Å². The predicted octanol–water partition coefficient (Wildman–Crippen LogP) is 2.83. The molecule has 0 N–H and O–H groups in total. The largest absolute Gasteiger partial charge is 0.364 e. The Labute approximate surface area is 126 Å². The number of fused-ring (bicyclic) bond motifs is 1. The van der Waals surface area contributed by atoms with Crippen molar-refractivity contribution in [2.45, 2.75) is 6.54 Å². The zero-order valence-electron chi connectivity index (χ0n) is 11.1. The Morgan fingerprint density at radius 3 is 2.90 bits per heavy atom. The molecule has 0 bridgehead atoms. The number of aromatic nitrogens is 1. The van der Waals surface area contributed by atoms with Crippen LogP contribution in [0.25, 0.3) is 0 Å². The van der Waals surface area contributed by atoms with E-state index < -0.39 is 0 Å². The summed E-state index contributed by atoms with van der Waals surface area (Å²) in [6.45, 7) is 0.943. The van der Waals surface area contributed by atoms with Gasteiger partial charge in [-0.15, -0.1) is 0 Å². The maximum atomic E-state index is 12.3. The molecule has 0 spiro atoms. The molecule has 0 saturated heterocycles. The van der Waals surface area contributed by atoms with Crippen molar-refractivity contribution >= 4 is 33.2 Å². The minimum absolute atomic E-state index is 0.0990. The number of nitrogens with zero attached hydrogens (tertiary/aromatic N) is 3. The fourth-order valence-corrected chi connectivity index (χ4v) is 2.74. The minimum atomic E-state index is 0.0990. The lowest BCUT2D eigenvalue weighted by Gasteiger charge is -2.35. The molecule has 3 rings (SSSR count). The molecule has 1 amide bonds. The van der Waals surface area contributed by atoms with Crippen molar-refractivity contribution in [2.24, 2.45) is 0 Å². The van der Waals surface area contributed by atoms with Crippen molar-refractivity contribution in [3.05, 3.63) is 52.8 Å². The van der Waals surface area contributed by atoms with Crippen LogP contribution in [0.1, 0.15) is 5.56 Å². The molecular formula is C15H14BrN3O. The number of carbonyl (C=O) groups is 1. The van der Waals surface area contributed by atoms with Gasteiger partial charge in [0, 0.05) is 23.9 Å². The molecule has 20 heavy (non-hydrogen) atoms. The SMILES string of the molecule is CN1CC(=O)N(Cc2cccnc2)c2cc(Br)ccc21. The second-order valence-electron chi connectivity index (χ2n) is 4.83. The van der Waals surface area contributed by atoms with E-state index in [-0.39, 0.29) is 5.91 Å². The molecule has 1 aromatic heterocycles. The number of hydrogen-bond donors (Lipinski definition) is 0. The maximum absolute atomic E-state index is 12.3. The number of rotatable bonds is 2. The first-order valence-electron chi connectivity index (χ1n) is 6.35. The average Bonchev–Trinajstić information content (AvgIpc) is 2.44. The van der Waals surface area contributed by atoms with Gasteiger partial charge in [0.2, 0.25) is 5.91 Å². The van der Waals surface area contributed by atoms with Gasteiger partial charge in [0.25, 0.3) is 0 Å². The maximum Gasteiger partial charge on any atom is 0.246 e. The van der Waals surface area contributed by atoms with Crippen LogP contribution in [0.15, 0.2) is 47.2 Å². The number of pyridine rings is 1. The van der Waals surface area contributed by atoms with Gasteiger partial charge in [-0.1, -0.05) is 22.0 Å². The van der Waals surface area contributed by atoms with Crippen LogP contribution < -0.4 is 9.80 Å². The normalized spacial score (nSPS) is 14.4. The first kappa shape index (κ1) is 13.1. The molecule has 5 heteroatoms. The highest BCUT2D eigenvalue weighted by molar-refractivity contribution is 9.10. The lowest BCUT2D eigenvalue weighted by Crippen LogP contribution is -2.43. The molecule has 4 nitrogen and oxygen atoms in total. The third-order valence-electron chi connectivity index (χ3n) is 3.38. The summed E-state index contributed by atoms with van der Waals surface area (Å²) in [6, 6.07) is 9.88. The number of carbonyl (C=O) groups excluding carboxylic acids is 1. The molecule has 0 aliphatic carbocycles. The van der Waals surface area contributed by atoms with E-state index in [1.807, 2.05) is 47.2 Å². The third-order valence-corrected chi connectivity index (χ3v) is 3.87. The molecule has 2 heterocycles. The Kier molecular flexibility index (Phi) is 3.44. The van der Waals surface area contributed by atoms with Crippen LogP contribution in [0.4, 0.5) is 11.4 Å². The minimum Gasteiger partial charge on any atom is -0.364 e. The third kappa shape index (κ3) is 2.41. The molecule has 0 fully saturated rings. The van der Waals surface area contributed by atoms with Crippen molar-refractivity contribution in [3.8, 4) is 0 Å². The Balaban J connectivity index is 2.00. The molecule has 0 atom stereocenters. The summed E-state index contributed by atoms with van der Waals surface area (Å²) >= 11 is 3.47. The van der Waals surface area contributed by atoms with E-state index in [1.165, 1.54) is 0 Å². The Morgan fingerprint density at radius 2 is 2.15 bits per heavy atom. The Bertz CT molecular complexity index is 645.